The number of methoxy groups -OCH3 is 1. The van der Waals surface area contributed by atoms with Gasteiger partial charge in [-0.1, -0.05) is 12.1 Å². The second-order valence-corrected chi connectivity index (χ2v) is 4.98. The Morgan fingerprint density at radius 1 is 1.39 bits per heavy atom. The Bertz CT molecular complexity index is 429. The number of carbonyl (C=O) groups is 1. The third-order valence-electron chi connectivity index (χ3n) is 3.67. The summed E-state index contributed by atoms with van der Waals surface area (Å²) in [6.07, 6.45) is 1.24. The minimum Gasteiger partial charge on any atom is -0.497 e. The average Bonchev–Trinajstić information content (AvgIpc) is 2.69. The summed E-state index contributed by atoms with van der Waals surface area (Å²) >= 11 is 0. The highest BCUT2D eigenvalue weighted by Crippen LogP contribution is 2.31. The normalized spacial score (nSPS) is 23.5. The van der Waals surface area contributed by atoms with Crippen LogP contribution in [0, 0.1) is 0 Å². The van der Waals surface area contributed by atoms with E-state index >= 15 is 0 Å². The molecule has 0 saturated carbocycles. The van der Waals surface area contributed by atoms with Crippen LogP contribution in [0.2, 0.25) is 0 Å². The smallest absolute Gasteiger partial charge is 0.223 e. The van der Waals surface area contributed by atoms with Gasteiger partial charge in [-0.05, 0) is 31.0 Å². The molecule has 0 bridgehead atoms. The van der Waals surface area contributed by atoms with Crippen LogP contribution >= 0.6 is 0 Å². The lowest BCUT2D eigenvalue weighted by molar-refractivity contribution is -0.132. The van der Waals surface area contributed by atoms with Gasteiger partial charge >= 0.3 is 0 Å². The first-order valence-corrected chi connectivity index (χ1v) is 6.13. The first-order valence-electron chi connectivity index (χ1n) is 6.13. The number of likely N-dealkylation sites (tertiary alicyclic amines) is 1. The van der Waals surface area contributed by atoms with Crippen molar-refractivity contribution >= 4 is 5.91 Å². The second kappa shape index (κ2) is 4.98. The number of aliphatic hydroxyl groups is 1. The van der Waals surface area contributed by atoms with E-state index in [0.717, 1.165) is 17.7 Å². The Labute approximate surface area is 107 Å². The standard InChI is InChI=1S/C14H19NO3/c1-14(10-16)8-7-13(17)15(14)9-11-3-5-12(18-2)6-4-11/h3-6,16H,7-10H2,1-2H3. The number of ether oxygens (including phenoxy) is 1. The third kappa shape index (κ3) is 2.34. The third-order valence-corrected chi connectivity index (χ3v) is 3.67. The van der Waals surface area contributed by atoms with Gasteiger partial charge in [-0.15, -0.1) is 0 Å². The molecule has 1 fully saturated rings. The fourth-order valence-electron chi connectivity index (χ4n) is 2.30. The van der Waals surface area contributed by atoms with Crippen molar-refractivity contribution in [3.05, 3.63) is 29.8 Å². The van der Waals surface area contributed by atoms with Crippen LogP contribution in [0.4, 0.5) is 0 Å². The van der Waals surface area contributed by atoms with Crippen molar-refractivity contribution in [1.82, 2.24) is 4.90 Å². The zero-order chi connectivity index (χ0) is 13.2. The Kier molecular flexibility index (Phi) is 3.57. The summed E-state index contributed by atoms with van der Waals surface area (Å²) in [5, 5.41) is 9.46. The number of benzene rings is 1. The van der Waals surface area contributed by atoms with Gasteiger partial charge in [-0.25, -0.2) is 0 Å². The van der Waals surface area contributed by atoms with Crippen molar-refractivity contribution < 1.29 is 14.6 Å². The Balaban J connectivity index is 2.13. The van der Waals surface area contributed by atoms with Gasteiger partial charge in [0.15, 0.2) is 0 Å². The van der Waals surface area contributed by atoms with E-state index in [2.05, 4.69) is 0 Å². The first-order chi connectivity index (χ1) is 8.59. The number of nitrogens with zero attached hydrogens (tertiary/aromatic N) is 1. The van der Waals surface area contributed by atoms with E-state index in [4.69, 9.17) is 4.74 Å². The van der Waals surface area contributed by atoms with Crippen LogP contribution in [0.25, 0.3) is 0 Å². The van der Waals surface area contributed by atoms with E-state index in [9.17, 15) is 9.90 Å². The number of carbonyl (C=O) groups excluding carboxylic acids is 1. The Morgan fingerprint density at radius 2 is 2.06 bits per heavy atom. The molecule has 18 heavy (non-hydrogen) atoms. The monoisotopic (exact) mass is 249 g/mol. The van der Waals surface area contributed by atoms with Gasteiger partial charge < -0.3 is 14.7 Å². The molecule has 2 rings (SSSR count). The van der Waals surface area contributed by atoms with Gasteiger partial charge in [0.2, 0.25) is 5.91 Å². The predicted molar refractivity (Wildman–Crippen MR) is 68.3 cm³/mol. The maximum absolute atomic E-state index is 11.9. The fraction of sp³-hybridized carbons (Fsp3) is 0.500. The molecule has 1 aliphatic rings. The molecule has 1 aromatic carbocycles. The molecule has 1 aromatic rings. The summed E-state index contributed by atoms with van der Waals surface area (Å²) in [5.41, 5.74) is 0.627. The van der Waals surface area contributed by atoms with E-state index < -0.39 is 5.54 Å². The molecule has 0 aromatic heterocycles. The van der Waals surface area contributed by atoms with Gasteiger partial charge in [-0.3, -0.25) is 4.79 Å². The molecule has 98 valence electrons. The highest BCUT2D eigenvalue weighted by molar-refractivity contribution is 5.79. The van der Waals surface area contributed by atoms with Crippen LogP contribution < -0.4 is 4.74 Å². The summed E-state index contributed by atoms with van der Waals surface area (Å²) in [4.78, 5) is 13.6. The number of aliphatic hydroxyl groups excluding tert-OH is 1. The van der Waals surface area contributed by atoms with Crippen LogP contribution in [0.15, 0.2) is 24.3 Å². The SMILES string of the molecule is COc1ccc(CN2C(=O)CCC2(C)CO)cc1. The largest absolute Gasteiger partial charge is 0.497 e. The Hall–Kier alpha value is -1.55. The molecule has 0 aliphatic carbocycles. The molecule has 1 N–H and O–H groups in total. The highest BCUT2D eigenvalue weighted by atomic mass is 16.5. The first kappa shape index (κ1) is 12.9. The molecule has 0 spiro atoms. The summed E-state index contributed by atoms with van der Waals surface area (Å²) in [6, 6.07) is 7.66. The van der Waals surface area contributed by atoms with Gasteiger partial charge in [0.1, 0.15) is 5.75 Å². The topological polar surface area (TPSA) is 49.8 Å². The molecule has 1 atom stereocenters. The summed E-state index contributed by atoms with van der Waals surface area (Å²) in [7, 11) is 1.63. The van der Waals surface area contributed by atoms with E-state index in [-0.39, 0.29) is 12.5 Å². The molecule has 4 nitrogen and oxygen atoms in total. The van der Waals surface area contributed by atoms with E-state index in [1.165, 1.54) is 0 Å². The van der Waals surface area contributed by atoms with Crippen molar-refractivity contribution in [2.75, 3.05) is 13.7 Å². The summed E-state index contributed by atoms with van der Waals surface area (Å²) < 4.78 is 5.10. The van der Waals surface area contributed by atoms with E-state index in [0.29, 0.717) is 13.0 Å². The van der Waals surface area contributed by atoms with E-state index in [1.807, 2.05) is 31.2 Å². The van der Waals surface area contributed by atoms with Gasteiger partial charge in [0, 0.05) is 13.0 Å². The Morgan fingerprint density at radius 3 is 2.61 bits per heavy atom. The number of rotatable bonds is 4. The van der Waals surface area contributed by atoms with Gasteiger partial charge in [0.25, 0.3) is 0 Å². The molecule has 1 saturated heterocycles. The average molecular weight is 249 g/mol. The van der Waals surface area contributed by atoms with Crippen molar-refractivity contribution in [2.24, 2.45) is 0 Å². The maximum Gasteiger partial charge on any atom is 0.223 e. The quantitative estimate of drug-likeness (QED) is 0.881. The summed E-state index contributed by atoms with van der Waals surface area (Å²) in [5.74, 6) is 0.916. The van der Waals surface area contributed by atoms with Crippen LogP contribution in [-0.4, -0.2) is 35.2 Å². The van der Waals surface area contributed by atoms with Crippen LogP contribution in [0.1, 0.15) is 25.3 Å². The van der Waals surface area contributed by atoms with Crippen LogP contribution in [0.5, 0.6) is 5.75 Å². The molecular weight excluding hydrogens is 230 g/mol. The number of hydrogen-bond donors (Lipinski definition) is 1. The minimum absolute atomic E-state index is 0.00882. The molecule has 1 amide bonds. The van der Waals surface area contributed by atoms with Crippen LogP contribution in [-0.2, 0) is 11.3 Å². The number of amides is 1. The molecule has 1 unspecified atom stereocenters. The van der Waals surface area contributed by atoms with Gasteiger partial charge in [0.05, 0.1) is 19.3 Å². The number of hydrogen-bond acceptors (Lipinski definition) is 3. The minimum atomic E-state index is -0.420. The molecule has 1 heterocycles. The van der Waals surface area contributed by atoms with Crippen molar-refractivity contribution in [2.45, 2.75) is 31.8 Å². The molecule has 1 aliphatic heterocycles. The zero-order valence-corrected chi connectivity index (χ0v) is 10.8. The zero-order valence-electron chi connectivity index (χ0n) is 10.8. The van der Waals surface area contributed by atoms with Crippen LogP contribution in [0.3, 0.4) is 0 Å². The summed E-state index contributed by atoms with van der Waals surface area (Å²) in [6.45, 7) is 2.48. The maximum atomic E-state index is 11.9. The van der Waals surface area contributed by atoms with Crippen molar-refractivity contribution in [3.8, 4) is 5.75 Å². The second-order valence-electron chi connectivity index (χ2n) is 4.98. The fourth-order valence-corrected chi connectivity index (χ4v) is 2.30. The molecular formula is C14H19NO3. The lowest BCUT2D eigenvalue weighted by Crippen LogP contribution is -2.45. The predicted octanol–water partition coefficient (Wildman–Crippen LogP) is 1.57. The molecule has 4 heteroatoms. The van der Waals surface area contributed by atoms with Crippen molar-refractivity contribution in [1.29, 1.82) is 0 Å². The van der Waals surface area contributed by atoms with Crippen molar-refractivity contribution in [3.63, 3.8) is 0 Å². The van der Waals surface area contributed by atoms with Gasteiger partial charge in [-0.2, -0.15) is 0 Å². The lowest BCUT2D eigenvalue weighted by atomic mass is 10.00. The molecule has 0 radical (unpaired) electrons. The lowest BCUT2D eigenvalue weighted by Gasteiger charge is -2.33. The van der Waals surface area contributed by atoms with E-state index in [1.54, 1.807) is 12.0 Å². The highest BCUT2D eigenvalue weighted by Gasteiger charge is 2.40.